The van der Waals surface area contributed by atoms with Crippen molar-refractivity contribution in [3.8, 4) is 5.75 Å². The van der Waals surface area contributed by atoms with Crippen molar-refractivity contribution in [3.63, 3.8) is 0 Å². The second kappa shape index (κ2) is 9.58. The van der Waals surface area contributed by atoms with Crippen LogP contribution in [0.3, 0.4) is 0 Å². The molecule has 0 radical (unpaired) electrons. The quantitative estimate of drug-likeness (QED) is 0.504. The fourth-order valence-corrected chi connectivity index (χ4v) is 2.31. The monoisotopic (exact) mass is 369 g/mol. The summed E-state index contributed by atoms with van der Waals surface area (Å²) in [6.45, 7) is 8.89. The third-order valence-corrected chi connectivity index (χ3v) is 3.63. The number of anilines is 2. The summed E-state index contributed by atoms with van der Waals surface area (Å²) < 4.78 is 5.39. The van der Waals surface area contributed by atoms with Gasteiger partial charge < -0.3 is 20.7 Å². The lowest BCUT2D eigenvalue weighted by Crippen LogP contribution is -2.29. The normalized spacial score (nSPS) is 9.92. The lowest BCUT2D eigenvalue weighted by Gasteiger charge is -2.11. The molecular weight excluding hydrogens is 346 g/mol. The Hall–Kier alpha value is -2.86. The number of ether oxygens (including phenoxy) is 1. The smallest absolute Gasteiger partial charge is 0.255 e. The molecule has 2 rings (SSSR count). The Labute approximate surface area is 159 Å². The molecule has 0 spiro atoms. The maximum Gasteiger partial charge on any atom is 0.255 e. The fraction of sp³-hybridized carbons (Fsp3) is 0.200. The molecule has 26 heavy (non-hydrogen) atoms. The van der Waals surface area contributed by atoms with Gasteiger partial charge in [-0.05, 0) is 74.6 Å². The summed E-state index contributed by atoms with van der Waals surface area (Å²) in [6, 6.07) is 14.4. The first-order valence-corrected chi connectivity index (χ1v) is 8.72. The van der Waals surface area contributed by atoms with Crippen LogP contribution in [-0.2, 0) is 0 Å². The Morgan fingerprint density at radius 2 is 1.62 bits per heavy atom. The molecule has 3 N–H and O–H groups in total. The van der Waals surface area contributed by atoms with Gasteiger partial charge in [-0.3, -0.25) is 4.79 Å². The fourth-order valence-electron chi connectivity index (χ4n) is 2.12. The van der Waals surface area contributed by atoms with Gasteiger partial charge >= 0.3 is 0 Å². The van der Waals surface area contributed by atoms with Crippen LogP contribution < -0.4 is 20.7 Å². The second-order valence-electron chi connectivity index (χ2n) is 5.75. The third kappa shape index (κ3) is 6.22. The molecular formula is C20H23N3O2S. The molecule has 1 amide bonds. The zero-order valence-corrected chi connectivity index (χ0v) is 15.8. The molecule has 0 aromatic heterocycles. The summed E-state index contributed by atoms with van der Waals surface area (Å²) in [5.41, 5.74) is 3.08. The minimum atomic E-state index is -0.177. The van der Waals surface area contributed by atoms with Crippen LogP contribution in [0, 0.1) is 0 Å². The van der Waals surface area contributed by atoms with Gasteiger partial charge in [0, 0.05) is 23.5 Å². The minimum absolute atomic E-state index is 0.177. The number of nitrogens with one attached hydrogen (secondary N) is 3. The zero-order valence-electron chi connectivity index (χ0n) is 15.0. The predicted octanol–water partition coefficient (Wildman–Crippen LogP) is 4.20. The van der Waals surface area contributed by atoms with Crippen molar-refractivity contribution in [1.82, 2.24) is 5.32 Å². The largest absolute Gasteiger partial charge is 0.494 e. The Bertz CT molecular complexity index is 771. The molecule has 0 atom stereocenters. The molecule has 0 aliphatic carbocycles. The van der Waals surface area contributed by atoms with Crippen LogP contribution in [0.5, 0.6) is 5.75 Å². The van der Waals surface area contributed by atoms with Crippen LogP contribution >= 0.6 is 12.2 Å². The maximum absolute atomic E-state index is 12.3. The van der Waals surface area contributed by atoms with Crippen molar-refractivity contribution >= 4 is 34.6 Å². The number of hydrogen-bond acceptors (Lipinski definition) is 3. The topological polar surface area (TPSA) is 62.4 Å². The van der Waals surface area contributed by atoms with Crippen molar-refractivity contribution < 1.29 is 9.53 Å². The highest BCUT2D eigenvalue weighted by atomic mass is 32.1. The summed E-state index contributed by atoms with van der Waals surface area (Å²) in [6.07, 6.45) is 0. The van der Waals surface area contributed by atoms with Crippen LogP contribution in [0.25, 0.3) is 0 Å². The van der Waals surface area contributed by atoms with Crippen LogP contribution in [0.2, 0.25) is 0 Å². The summed E-state index contributed by atoms with van der Waals surface area (Å²) in [5.74, 6) is 0.598. The number of amides is 1. The Balaban J connectivity index is 1.91. The second-order valence-corrected chi connectivity index (χ2v) is 6.16. The first-order chi connectivity index (χ1) is 12.5. The Kier molecular flexibility index (Phi) is 7.17. The van der Waals surface area contributed by atoms with E-state index in [9.17, 15) is 4.79 Å². The number of rotatable bonds is 7. The van der Waals surface area contributed by atoms with Crippen molar-refractivity contribution in [2.24, 2.45) is 0 Å². The first kappa shape index (κ1) is 19.5. The Morgan fingerprint density at radius 3 is 2.19 bits per heavy atom. The van der Waals surface area contributed by atoms with Gasteiger partial charge in [-0.1, -0.05) is 12.2 Å². The van der Waals surface area contributed by atoms with Gasteiger partial charge in [-0.15, -0.1) is 0 Å². The van der Waals surface area contributed by atoms with Gasteiger partial charge in [0.15, 0.2) is 5.11 Å². The van der Waals surface area contributed by atoms with Gasteiger partial charge in [0.2, 0.25) is 0 Å². The minimum Gasteiger partial charge on any atom is -0.494 e. The maximum atomic E-state index is 12.3. The van der Waals surface area contributed by atoms with Gasteiger partial charge in [-0.25, -0.2) is 0 Å². The van der Waals surface area contributed by atoms with E-state index < -0.39 is 0 Å². The molecule has 6 heteroatoms. The standard InChI is InChI=1S/C20H23N3O2S/c1-4-25-18-11-9-16(10-12-18)22-19(24)15-5-7-17(8-6-15)23-20(26)21-13-14(2)3/h5-12H,2,4,13H2,1,3H3,(H,22,24)(H2,21,23,26). The lowest BCUT2D eigenvalue weighted by atomic mass is 10.2. The number of benzene rings is 2. The molecule has 0 aliphatic heterocycles. The molecule has 0 aliphatic rings. The van der Waals surface area contributed by atoms with Crippen molar-refractivity contribution in [1.29, 1.82) is 0 Å². The SMILES string of the molecule is C=C(C)CNC(=S)Nc1ccc(C(=O)Nc2ccc(OCC)cc2)cc1. The average molecular weight is 369 g/mol. The number of hydrogen-bond donors (Lipinski definition) is 3. The van der Waals surface area contributed by atoms with E-state index >= 15 is 0 Å². The first-order valence-electron chi connectivity index (χ1n) is 8.31. The molecule has 0 saturated heterocycles. The molecule has 0 heterocycles. The highest BCUT2D eigenvalue weighted by Gasteiger charge is 2.07. The van der Waals surface area contributed by atoms with Crippen LogP contribution in [0.15, 0.2) is 60.7 Å². The highest BCUT2D eigenvalue weighted by Crippen LogP contribution is 2.17. The molecule has 0 unspecified atom stereocenters. The summed E-state index contributed by atoms with van der Waals surface area (Å²) in [4.78, 5) is 12.3. The van der Waals surface area contributed by atoms with E-state index in [1.54, 1.807) is 12.1 Å². The van der Waals surface area contributed by atoms with Crippen molar-refractivity contribution in [2.45, 2.75) is 13.8 Å². The molecule has 136 valence electrons. The lowest BCUT2D eigenvalue weighted by molar-refractivity contribution is 0.102. The summed E-state index contributed by atoms with van der Waals surface area (Å²) >= 11 is 5.20. The van der Waals surface area contributed by atoms with Crippen LogP contribution in [0.4, 0.5) is 11.4 Å². The molecule has 5 nitrogen and oxygen atoms in total. The molecule has 0 bridgehead atoms. The number of carbonyl (C=O) groups is 1. The predicted molar refractivity (Wildman–Crippen MR) is 111 cm³/mol. The van der Waals surface area contributed by atoms with E-state index in [0.29, 0.717) is 29.5 Å². The molecule has 2 aromatic carbocycles. The van der Waals surface area contributed by atoms with Gasteiger partial charge in [0.25, 0.3) is 5.91 Å². The van der Waals surface area contributed by atoms with Crippen molar-refractivity contribution in [2.75, 3.05) is 23.8 Å². The van der Waals surface area contributed by atoms with E-state index in [4.69, 9.17) is 17.0 Å². The van der Waals surface area contributed by atoms with E-state index in [-0.39, 0.29) is 5.91 Å². The summed E-state index contributed by atoms with van der Waals surface area (Å²) in [7, 11) is 0. The number of thiocarbonyl (C=S) groups is 1. The summed E-state index contributed by atoms with van der Waals surface area (Å²) in [5, 5.41) is 9.48. The highest BCUT2D eigenvalue weighted by molar-refractivity contribution is 7.80. The van der Waals surface area contributed by atoms with Crippen LogP contribution in [0.1, 0.15) is 24.2 Å². The van der Waals surface area contributed by atoms with Gasteiger partial charge in [0.05, 0.1) is 6.61 Å². The van der Waals surface area contributed by atoms with E-state index in [2.05, 4.69) is 22.5 Å². The van der Waals surface area contributed by atoms with E-state index in [1.165, 1.54) is 0 Å². The molecule has 0 saturated carbocycles. The zero-order chi connectivity index (χ0) is 18.9. The van der Waals surface area contributed by atoms with E-state index in [1.807, 2.05) is 50.2 Å². The van der Waals surface area contributed by atoms with Crippen molar-refractivity contribution in [3.05, 3.63) is 66.2 Å². The van der Waals surface area contributed by atoms with Crippen LogP contribution in [-0.4, -0.2) is 24.2 Å². The van der Waals surface area contributed by atoms with Gasteiger partial charge in [0.1, 0.15) is 5.75 Å². The number of carbonyl (C=O) groups excluding carboxylic acids is 1. The Morgan fingerprint density at radius 1 is 1.04 bits per heavy atom. The van der Waals surface area contributed by atoms with Gasteiger partial charge in [-0.2, -0.15) is 0 Å². The molecule has 0 fully saturated rings. The van der Waals surface area contributed by atoms with E-state index in [0.717, 1.165) is 17.0 Å². The average Bonchev–Trinajstić information content (AvgIpc) is 2.62. The third-order valence-electron chi connectivity index (χ3n) is 3.38. The molecule has 2 aromatic rings.